The van der Waals surface area contributed by atoms with Crippen molar-refractivity contribution in [1.82, 2.24) is 14.5 Å². The number of nitrogen functional groups attached to an aromatic ring is 1. The smallest absolute Gasteiger partial charge is 0.240 e. The Balaban J connectivity index is 2.07. The highest BCUT2D eigenvalue weighted by molar-refractivity contribution is 7.89. The van der Waals surface area contributed by atoms with Crippen molar-refractivity contribution in [2.45, 2.75) is 18.4 Å². The van der Waals surface area contributed by atoms with Crippen molar-refractivity contribution in [1.29, 1.82) is 0 Å². The largest absolute Gasteiger partial charge is 0.399 e. The lowest BCUT2D eigenvalue weighted by Crippen LogP contribution is -2.28. The number of benzene rings is 1. The van der Waals surface area contributed by atoms with Crippen molar-refractivity contribution >= 4 is 15.7 Å². The lowest BCUT2D eigenvalue weighted by molar-refractivity contribution is 0.560. The van der Waals surface area contributed by atoms with Crippen molar-refractivity contribution in [3.8, 4) is 0 Å². The molecule has 1 aromatic heterocycles. The molecule has 1 aromatic carbocycles. The first-order valence-corrected chi connectivity index (χ1v) is 7.30. The molecule has 0 aliphatic carbocycles. The molecule has 0 aliphatic heterocycles. The maximum atomic E-state index is 12.1. The third-order valence-corrected chi connectivity index (χ3v) is 4.30. The summed E-state index contributed by atoms with van der Waals surface area (Å²) < 4.78 is 28.5. The van der Waals surface area contributed by atoms with Crippen LogP contribution in [-0.2, 0) is 16.6 Å². The van der Waals surface area contributed by atoms with Crippen LogP contribution in [0.15, 0.2) is 41.6 Å². The van der Waals surface area contributed by atoms with Gasteiger partial charge in [-0.25, -0.2) is 13.1 Å². The zero-order valence-electron chi connectivity index (χ0n) is 10.6. The van der Waals surface area contributed by atoms with E-state index in [0.29, 0.717) is 17.8 Å². The molecular formula is C12H16N4O2S. The van der Waals surface area contributed by atoms with Crippen LogP contribution in [-0.4, -0.2) is 24.7 Å². The first-order chi connectivity index (χ1) is 8.99. The van der Waals surface area contributed by atoms with Gasteiger partial charge in [0, 0.05) is 24.6 Å². The van der Waals surface area contributed by atoms with Gasteiger partial charge in [0.25, 0.3) is 0 Å². The van der Waals surface area contributed by atoms with Crippen LogP contribution < -0.4 is 10.5 Å². The molecule has 0 radical (unpaired) electrons. The van der Waals surface area contributed by atoms with Crippen molar-refractivity contribution in [3.63, 3.8) is 0 Å². The van der Waals surface area contributed by atoms with Crippen LogP contribution in [0, 0.1) is 6.92 Å². The van der Waals surface area contributed by atoms with Crippen LogP contribution in [0.1, 0.15) is 5.56 Å². The molecule has 2 aromatic rings. The Morgan fingerprint density at radius 1 is 1.42 bits per heavy atom. The monoisotopic (exact) mass is 280 g/mol. The molecule has 102 valence electrons. The van der Waals surface area contributed by atoms with Gasteiger partial charge in [0.05, 0.1) is 11.4 Å². The van der Waals surface area contributed by atoms with Crippen molar-refractivity contribution in [2.75, 3.05) is 12.3 Å². The van der Waals surface area contributed by atoms with Crippen LogP contribution >= 0.6 is 0 Å². The maximum absolute atomic E-state index is 12.1. The van der Waals surface area contributed by atoms with Crippen molar-refractivity contribution in [3.05, 3.63) is 42.2 Å². The van der Waals surface area contributed by atoms with Gasteiger partial charge >= 0.3 is 0 Å². The molecular weight excluding hydrogens is 264 g/mol. The fraction of sp³-hybridized carbons (Fsp3) is 0.250. The molecule has 0 saturated heterocycles. The Hall–Kier alpha value is -1.86. The second-order valence-electron chi connectivity index (χ2n) is 4.19. The molecule has 0 fully saturated rings. The van der Waals surface area contributed by atoms with Crippen LogP contribution in [0.2, 0.25) is 0 Å². The molecule has 0 bridgehead atoms. The van der Waals surface area contributed by atoms with Crippen LogP contribution in [0.25, 0.3) is 0 Å². The van der Waals surface area contributed by atoms with Crippen molar-refractivity contribution in [2.24, 2.45) is 0 Å². The first-order valence-electron chi connectivity index (χ1n) is 5.82. The number of nitrogens with zero attached hydrogens (tertiary/aromatic N) is 2. The van der Waals surface area contributed by atoms with E-state index in [0.717, 1.165) is 0 Å². The Morgan fingerprint density at radius 3 is 2.89 bits per heavy atom. The molecule has 0 amide bonds. The van der Waals surface area contributed by atoms with Crippen LogP contribution in [0.5, 0.6) is 0 Å². The average molecular weight is 280 g/mol. The minimum absolute atomic E-state index is 0.216. The average Bonchev–Trinajstić information content (AvgIpc) is 2.85. The predicted molar refractivity (Wildman–Crippen MR) is 73.0 cm³/mol. The van der Waals surface area contributed by atoms with Crippen LogP contribution in [0.4, 0.5) is 5.69 Å². The molecule has 0 unspecified atom stereocenters. The molecule has 0 aliphatic rings. The number of aromatic nitrogens is 2. The molecule has 0 spiro atoms. The van der Waals surface area contributed by atoms with E-state index in [1.807, 2.05) is 0 Å². The number of hydrogen-bond acceptors (Lipinski definition) is 4. The molecule has 2 rings (SSSR count). The fourth-order valence-corrected chi connectivity index (χ4v) is 3.01. The molecule has 19 heavy (non-hydrogen) atoms. The van der Waals surface area contributed by atoms with Gasteiger partial charge in [0.2, 0.25) is 10.0 Å². The van der Waals surface area contributed by atoms with E-state index >= 15 is 0 Å². The van der Waals surface area contributed by atoms with Gasteiger partial charge in [0.1, 0.15) is 0 Å². The normalized spacial score (nSPS) is 11.6. The summed E-state index contributed by atoms with van der Waals surface area (Å²) in [7, 11) is -3.54. The maximum Gasteiger partial charge on any atom is 0.240 e. The minimum atomic E-state index is -3.54. The number of sulfonamides is 1. The molecule has 7 heteroatoms. The molecule has 0 saturated carbocycles. The van der Waals surface area contributed by atoms with E-state index in [4.69, 9.17) is 5.73 Å². The van der Waals surface area contributed by atoms with E-state index in [2.05, 4.69) is 9.82 Å². The Bertz CT molecular complexity index is 650. The second-order valence-corrected chi connectivity index (χ2v) is 5.93. The highest BCUT2D eigenvalue weighted by Gasteiger charge is 2.16. The number of anilines is 1. The Kier molecular flexibility index (Phi) is 3.87. The summed E-state index contributed by atoms with van der Waals surface area (Å²) >= 11 is 0. The first kappa shape index (κ1) is 13.6. The molecule has 1 heterocycles. The zero-order valence-corrected chi connectivity index (χ0v) is 11.4. The van der Waals surface area contributed by atoms with Gasteiger partial charge in [-0.05, 0) is 30.7 Å². The number of aryl methyl sites for hydroxylation is 1. The van der Waals surface area contributed by atoms with E-state index < -0.39 is 10.0 Å². The number of hydrogen-bond donors (Lipinski definition) is 2. The lowest BCUT2D eigenvalue weighted by Gasteiger charge is -2.10. The summed E-state index contributed by atoms with van der Waals surface area (Å²) in [5.74, 6) is 0. The summed E-state index contributed by atoms with van der Waals surface area (Å²) in [6, 6.07) is 6.62. The standard InChI is InChI=1S/C12H16N4O2S/c1-10-3-4-11(13)9-12(10)19(17,18)15-6-8-16-7-2-5-14-16/h2-5,7,9,15H,6,8,13H2,1H3. The number of nitrogens with one attached hydrogen (secondary N) is 1. The van der Waals surface area contributed by atoms with Gasteiger partial charge in [-0.2, -0.15) is 5.10 Å². The molecule has 0 atom stereocenters. The van der Waals surface area contributed by atoms with Gasteiger partial charge in [0.15, 0.2) is 0 Å². The highest BCUT2D eigenvalue weighted by atomic mass is 32.2. The van der Waals surface area contributed by atoms with Gasteiger partial charge in [-0.3, -0.25) is 4.68 Å². The minimum Gasteiger partial charge on any atom is -0.399 e. The summed E-state index contributed by atoms with van der Waals surface area (Å²) in [5.41, 5.74) is 6.72. The Labute approximate surface area is 112 Å². The van der Waals surface area contributed by atoms with E-state index in [-0.39, 0.29) is 11.4 Å². The van der Waals surface area contributed by atoms with Gasteiger partial charge < -0.3 is 5.73 Å². The molecule has 3 N–H and O–H groups in total. The summed E-state index contributed by atoms with van der Waals surface area (Å²) in [4.78, 5) is 0.216. The number of nitrogens with two attached hydrogens (primary N) is 1. The zero-order chi connectivity index (χ0) is 13.9. The lowest BCUT2D eigenvalue weighted by atomic mass is 10.2. The molecule has 6 nitrogen and oxygen atoms in total. The Morgan fingerprint density at radius 2 is 2.21 bits per heavy atom. The third-order valence-electron chi connectivity index (χ3n) is 2.69. The summed E-state index contributed by atoms with van der Waals surface area (Å²) in [6.45, 7) is 2.49. The quantitative estimate of drug-likeness (QED) is 0.791. The van der Waals surface area contributed by atoms with E-state index in [9.17, 15) is 8.42 Å². The summed E-state index contributed by atoms with van der Waals surface area (Å²) in [6.07, 6.45) is 3.43. The topological polar surface area (TPSA) is 90.0 Å². The second kappa shape index (κ2) is 5.41. The van der Waals surface area contributed by atoms with E-state index in [1.165, 1.54) is 6.07 Å². The van der Waals surface area contributed by atoms with Gasteiger partial charge in [-0.15, -0.1) is 0 Å². The highest BCUT2D eigenvalue weighted by Crippen LogP contribution is 2.17. The van der Waals surface area contributed by atoms with Crippen molar-refractivity contribution < 1.29 is 8.42 Å². The van der Waals surface area contributed by atoms with Crippen LogP contribution in [0.3, 0.4) is 0 Å². The van der Waals surface area contributed by atoms with Gasteiger partial charge in [-0.1, -0.05) is 6.07 Å². The van der Waals surface area contributed by atoms with E-state index in [1.54, 1.807) is 42.2 Å². The summed E-state index contributed by atoms with van der Waals surface area (Å²) in [5, 5.41) is 4.00. The third kappa shape index (κ3) is 3.33. The SMILES string of the molecule is Cc1ccc(N)cc1S(=O)(=O)NCCn1cccn1. The predicted octanol–water partition coefficient (Wildman–Crippen LogP) is 0.752. The number of rotatable bonds is 5. The fourth-order valence-electron chi connectivity index (χ4n) is 1.71.